The van der Waals surface area contributed by atoms with Crippen molar-refractivity contribution in [1.82, 2.24) is 29.3 Å². The molecule has 13 nitrogen and oxygen atoms in total. The van der Waals surface area contributed by atoms with Crippen LogP contribution in [0.1, 0.15) is 65.3 Å². The molecule has 0 saturated carbocycles. The lowest BCUT2D eigenvalue weighted by Crippen LogP contribution is -2.54. The van der Waals surface area contributed by atoms with Crippen LogP contribution in [0.25, 0.3) is 10.9 Å². The fourth-order valence-corrected chi connectivity index (χ4v) is 8.25. The van der Waals surface area contributed by atoms with Gasteiger partial charge in [-0.3, -0.25) is 14.5 Å². The van der Waals surface area contributed by atoms with Crippen LogP contribution in [-0.2, 0) is 14.8 Å². The molecule has 48 heavy (non-hydrogen) atoms. The van der Waals surface area contributed by atoms with E-state index < -0.39 is 22.2 Å². The van der Waals surface area contributed by atoms with Gasteiger partial charge in [-0.05, 0) is 83.5 Å². The minimum absolute atomic E-state index is 0.00448. The predicted octanol–water partition coefficient (Wildman–Crippen LogP) is 2.14. The van der Waals surface area contributed by atoms with E-state index in [1.165, 1.54) is 13.2 Å². The lowest BCUT2D eigenvalue weighted by molar-refractivity contribution is -0.130. The Morgan fingerprint density at radius 1 is 1.08 bits per heavy atom. The molecule has 2 bridgehead atoms. The summed E-state index contributed by atoms with van der Waals surface area (Å²) in [6.45, 7) is 9.50. The largest absolute Gasteiger partial charge is 0.413 e. The number of aliphatic hydroxyl groups is 1. The number of hydrogen-bond donors (Lipinski definition) is 3. The minimum atomic E-state index is -3.19. The van der Waals surface area contributed by atoms with E-state index in [0.717, 1.165) is 62.5 Å². The van der Waals surface area contributed by atoms with Crippen LogP contribution in [0.15, 0.2) is 35.1 Å². The summed E-state index contributed by atoms with van der Waals surface area (Å²) in [5.74, 6) is 0.247. The van der Waals surface area contributed by atoms with Crippen LogP contribution in [0, 0.1) is 5.92 Å². The highest BCUT2D eigenvalue weighted by molar-refractivity contribution is 7.88. The number of aliphatic hydroxyl groups excluding tert-OH is 1. The van der Waals surface area contributed by atoms with Crippen LogP contribution < -0.4 is 20.3 Å². The van der Waals surface area contributed by atoms with Gasteiger partial charge < -0.3 is 29.5 Å². The second-order valence-electron chi connectivity index (χ2n) is 14.1. The van der Waals surface area contributed by atoms with Gasteiger partial charge in [0.2, 0.25) is 15.9 Å². The average molecular weight is 689 g/mol. The van der Waals surface area contributed by atoms with Crippen molar-refractivity contribution in [1.29, 1.82) is 0 Å². The smallest absolute Gasteiger partial charge is 0.404 e. The molecule has 0 aliphatic carbocycles. The first-order valence-corrected chi connectivity index (χ1v) is 19.2. The number of hydrogen-bond acceptors (Lipinski definition) is 9. The molecule has 1 aromatic heterocycles. The number of likely N-dealkylation sites (tertiary alicyclic amines) is 1. The van der Waals surface area contributed by atoms with Crippen molar-refractivity contribution in [3.8, 4) is 5.75 Å². The Kier molecular flexibility index (Phi) is 11.8. The number of nitrogens with zero attached hydrogens (tertiary/aromatic N) is 4. The maximum absolute atomic E-state index is 13.2. The van der Waals surface area contributed by atoms with Gasteiger partial charge in [0, 0.05) is 69.2 Å². The number of sulfonamides is 1. The molecular weight excluding hydrogens is 636 g/mol. The number of rotatable bonds is 13. The molecule has 266 valence electrons. The van der Waals surface area contributed by atoms with Crippen LogP contribution >= 0.6 is 0 Å². The second kappa shape index (κ2) is 15.7. The Labute approximate surface area is 283 Å². The van der Waals surface area contributed by atoms with Gasteiger partial charge in [-0.1, -0.05) is 18.2 Å². The van der Waals surface area contributed by atoms with E-state index in [2.05, 4.69) is 19.8 Å². The van der Waals surface area contributed by atoms with Crippen molar-refractivity contribution in [3.05, 3.63) is 40.7 Å². The van der Waals surface area contributed by atoms with Gasteiger partial charge in [0.25, 0.3) is 5.56 Å². The summed E-state index contributed by atoms with van der Waals surface area (Å²) in [7, 11) is -3.19. The van der Waals surface area contributed by atoms with Crippen LogP contribution in [-0.4, -0.2) is 121 Å². The summed E-state index contributed by atoms with van der Waals surface area (Å²) in [5.41, 5.74) is 0.452. The maximum atomic E-state index is 13.2. The molecule has 1 aromatic carbocycles. The minimum Gasteiger partial charge on any atom is -0.404 e. The zero-order valence-corrected chi connectivity index (χ0v) is 29.5. The Bertz CT molecular complexity index is 1590. The SMILES string of the molecule is CC(=O)N(CCN1CCC(CNS(C)(=O)=O)CC1)CC(O)CN1[C@@H]2CC[C@H]1CC(NC(=O)Oc1cc3ccccc3n(C(C)C)c1=O)C2. The predicted molar refractivity (Wildman–Crippen MR) is 185 cm³/mol. The maximum Gasteiger partial charge on any atom is 0.413 e. The van der Waals surface area contributed by atoms with Crippen molar-refractivity contribution >= 4 is 32.9 Å². The van der Waals surface area contributed by atoms with Gasteiger partial charge in [-0.2, -0.15) is 0 Å². The number of carbonyl (C=O) groups excluding carboxylic acids is 2. The molecule has 3 fully saturated rings. The topological polar surface area (TPSA) is 154 Å². The van der Waals surface area contributed by atoms with Crippen molar-refractivity contribution in [2.45, 2.75) is 89.6 Å². The fourth-order valence-electron chi connectivity index (χ4n) is 7.71. The third-order valence-electron chi connectivity index (χ3n) is 10.2. The molecule has 4 atom stereocenters. The molecule has 4 heterocycles. The molecule has 0 spiro atoms. The Balaban J connectivity index is 1.08. The standard InChI is InChI=1S/C34H52N6O7S/c1-23(2)40-31-8-6-5-7-26(31)17-32(33(40)43)47-34(44)36-27-18-28-9-10-29(19-27)39(28)22-30(42)21-38(24(3)41)16-15-37-13-11-25(12-14-37)20-35-48(4,45)46/h5-8,17,23,25,27-30,35,42H,9-16,18-22H2,1-4H3,(H,36,44)/t27?,28-,29+,30?. The molecule has 0 radical (unpaired) electrons. The van der Waals surface area contributed by atoms with E-state index in [0.29, 0.717) is 32.1 Å². The number of para-hydroxylation sites is 1. The Morgan fingerprint density at radius 2 is 1.75 bits per heavy atom. The number of fused-ring (bicyclic) bond motifs is 3. The van der Waals surface area contributed by atoms with E-state index in [1.54, 1.807) is 15.5 Å². The van der Waals surface area contributed by atoms with Gasteiger partial charge in [0.1, 0.15) is 0 Å². The third-order valence-corrected chi connectivity index (χ3v) is 10.9. The quantitative estimate of drug-likeness (QED) is 0.287. The number of carbonyl (C=O) groups is 2. The van der Waals surface area contributed by atoms with E-state index >= 15 is 0 Å². The molecule has 5 rings (SSSR count). The van der Waals surface area contributed by atoms with Crippen LogP contribution in [0.5, 0.6) is 5.75 Å². The van der Waals surface area contributed by atoms with Crippen molar-refractivity contribution < 1.29 is 27.9 Å². The average Bonchev–Trinajstić information content (AvgIpc) is 3.24. The highest BCUT2D eigenvalue weighted by atomic mass is 32.2. The molecule has 2 unspecified atom stereocenters. The fraction of sp³-hybridized carbons (Fsp3) is 0.676. The molecule has 3 aliphatic rings. The van der Waals surface area contributed by atoms with Crippen molar-refractivity contribution in [2.24, 2.45) is 5.92 Å². The number of benzene rings is 1. The van der Waals surface area contributed by atoms with Gasteiger partial charge in [-0.15, -0.1) is 0 Å². The normalized spacial score (nSPS) is 23.0. The van der Waals surface area contributed by atoms with E-state index in [4.69, 9.17) is 4.74 Å². The summed E-state index contributed by atoms with van der Waals surface area (Å²) < 4.78 is 32.6. The summed E-state index contributed by atoms with van der Waals surface area (Å²) in [4.78, 5) is 45.0. The Hall–Kier alpha value is -3.04. The summed E-state index contributed by atoms with van der Waals surface area (Å²) >= 11 is 0. The second-order valence-corrected chi connectivity index (χ2v) is 16.0. The highest BCUT2D eigenvalue weighted by Crippen LogP contribution is 2.36. The first-order chi connectivity index (χ1) is 22.8. The first-order valence-electron chi connectivity index (χ1n) is 17.3. The lowest BCUT2D eigenvalue weighted by atomic mass is 9.97. The van der Waals surface area contributed by atoms with Gasteiger partial charge in [0.15, 0.2) is 5.75 Å². The third kappa shape index (κ3) is 9.35. The zero-order valence-electron chi connectivity index (χ0n) is 28.6. The molecule has 3 aliphatic heterocycles. The number of pyridine rings is 1. The summed E-state index contributed by atoms with van der Waals surface area (Å²) in [6, 6.07) is 9.37. The van der Waals surface area contributed by atoms with Gasteiger partial charge in [-0.25, -0.2) is 17.9 Å². The Morgan fingerprint density at radius 3 is 2.38 bits per heavy atom. The number of amides is 2. The molecule has 2 amide bonds. The lowest BCUT2D eigenvalue weighted by Gasteiger charge is -2.40. The van der Waals surface area contributed by atoms with Crippen LogP contribution in [0.3, 0.4) is 0 Å². The number of ether oxygens (including phenoxy) is 1. The zero-order chi connectivity index (χ0) is 34.6. The summed E-state index contributed by atoms with van der Waals surface area (Å²) in [6.07, 6.45) is 5.03. The van der Waals surface area contributed by atoms with Crippen LogP contribution in [0.2, 0.25) is 0 Å². The van der Waals surface area contributed by atoms with Crippen LogP contribution in [0.4, 0.5) is 4.79 Å². The van der Waals surface area contributed by atoms with Gasteiger partial charge >= 0.3 is 6.09 Å². The number of aromatic nitrogens is 1. The summed E-state index contributed by atoms with van der Waals surface area (Å²) in [5, 5.41) is 14.9. The molecule has 3 N–H and O–H groups in total. The van der Waals surface area contributed by atoms with E-state index in [-0.39, 0.29) is 47.9 Å². The highest BCUT2D eigenvalue weighted by Gasteiger charge is 2.42. The molecule has 14 heteroatoms. The monoisotopic (exact) mass is 688 g/mol. The molecule has 2 aromatic rings. The van der Waals surface area contributed by atoms with E-state index in [9.17, 15) is 27.9 Å². The van der Waals surface area contributed by atoms with Gasteiger partial charge in [0.05, 0.1) is 17.9 Å². The first kappa shape index (κ1) is 36.2. The van der Waals surface area contributed by atoms with Crippen molar-refractivity contribution in [2.75, 3.05) is 52.1 Å². The number of piperidine rings is 2. The van der Waals surface area contributed by atoms with E-state index in [1.807, 2.05) is 38.1 Å². The van der Waals surface area contributed by atoms with Crippen molar-refractivity contribution in [3.63, 3.8) is 0 Å². The number of nitrogens with one attached hydrogen (secondary N) is 2. The molecular formula is C34H52N6O7S. The molecule has 3 saturated heterocycles.